The Morgan fingerprint density at radius 3 is 2.70 bits per heavy atom. The third-order valence-corrected chi connectivity index (χ3v) is 6.05. The summed E-state index contributed by atoms with van der Waals surface area (Å²) >= 11 is 1.45. The molecule has 0 bridgehead atoms. The fourth-order valence-corrected chi connectivity index (χ4v) is 4.18. The lowest BCUT2D eigenvalue weighted by molar-refractivity contribution is -0.119. The molecule has 2 aliphatic rings. The van der Waals surface area contributed by atoms with Crippen LogP contribution in [0.4, 0.5) is 5.95 Å². The number of thioether (sulfide) groups is 1. The van der Waals surface area contributed by atoms with Gasteiger partial charge in [0.2, 0.25) is 11.9 Å². The molecule has 0 radical (unpaired) electrons. The predicted octanol–water partition coefficient (Wildman–Crippen LogP) is 1.69. The molecule has 9 heteroatoms. The van der Waals surface area contributed by atoms with E-state index in [1.54, 1.807) is 0 Å². The Morgan fingerprint density at radius 2 is 2.04 bits per heavy atom. The first-order valence-electron chi connectivity index (χ1n) is 10.0. The van der Waals surface area contributed by atoms with Gasteiger partial charge in [-0.3, -0.25) is 9.36 Å². The normalized spacial score (nSPS) is 20.4. The molecule has 3 rings (SSSR count). The van der Waals surface area contributed by atoms with Crippen molar-refractivity contribution in [3.63, 3.8) is 0 Å². The summed E-state index contributed by atoms with van der Waals surface area (Å²) in [5.41, 5.74) is 0. The number of rotatable bonds is 9. The third-order valence-electron chi connectivity index (χ3n) is 5.08. The number of nitrogens with one attached hydrogen (secondary N) is 1. The van der Waals surface area contributed by atoms with Gasteiger partial charge in [0.1, 0.15) is 0 Å². The highest BCUT2D eigenvalue weighted by Crippen LogP contribution is 2.25. The van der Waals surface area contributed by atoms with Crippen LogP contribution >= 0.6 is 11.8 Å². The SMILES string of the molecule is CCC(CC)NC(=O)CSc1nnc(N2CCOCC2)n1C[C@@H]1CCCO1. The van der Waals surface area contributed by atoms with E-state index in [0.717, 1.165) is 63.0 Å². The Bertz CT molecular complexity index is 596. The molecule has 1 atom stereocenters. The number of carbonyl (C=O) groups is 1. The molecule has 1 aromatic heterocycles. The number of amides is 1. The van der Waals surface area contributed by atoms with Crippen LogP contribution < -0.4 is 10.2 Å². The zero-order valence-electron chi connectivity index (χ0n) is 16.4. The standard InChI is InChI=1S/C18H31N5O3S/c1-3-14(4-2)19-16(24)13-27-18-21-20-17(22-7-10-25-11-8-22)23(18)12-15-6-5-9-26-15/h14-15H,3-13H2,1-2H3,(H,19,24)/t15-/m0/s1. The second-order valence-electron chi connectivity index (χ2n) is 7.00. The second kappa shape index (κ2) is 10.3. The maximum absolute atomic E-state index is 12.3. The maximum atomic E-state index is 12.3. The largest absolute Gasteiger partial charge is 0.378 e. The Kier molecular flexibility index (Phi) is 7.78. The molecule has 2 fully saturated rings. The van der Waals surface area contributed by atoms with E-state index < -0.39 is 0 Å². The molecule has 152 valence electrons. The number of anilines is 1. The average molecular weight is 398 g/mol. The third kappa shape index (κ3) is 5.58. The number of hydrogen-bond acceptors (Lipinski definition) is 7. The Balaban J connectivity index is 1.67. The van der Waals surface area contributed by atoms with Gasteiger partial charge in [0.25, 0.3) is 0 Å². The van der Waals surface area contributed by atoms with Gasteiger partial charge in [0.05, 0.1) is 31.6 Å². The van der Waals surface area contributed by atoms with Crippen LogP contribution in [0.15, 0.2) is 5.16 Å². The molecule has 27 heavy (non-hydrogen) atoms. The van der Waals surface area contributed by atoms with Crippen LogP contribution in [0.5, 0.6) is 0 Å². The van der Waals surface area contributed by atoms with Crippen molar-refractivity contribution in [2.45, 2.75) is 63.4 Å². The van der Waals surface area contributed by atoms with Crippen LogP contribution in [-0.2, 0) is 20.8 Å². The van der Waals surface area contributed by atoms with E-state index >= 15 is 0 Å². The van der Waals surface area contributed by atoms with Crippen molar-refractivity contribution >= 4 is 23.6 Å². The Morgan fingerprint density at radius 1 is 1.26 bits per heavy atom. The number of carbonyl (C=O) groups excluding carboxylic acids is 1. The first-order valence-corrected chi connectivity index (χ1v) is 11.0. The van der Waals surface area contributed by atoms with E-state index in [0.29, 0.717) is 19.0 Å². The van der Waals surface area contributed by atoms with Crippen molar-refractivity contribution in [3.8, 4) is 0 Å². The summed E-state index contributed by atoms with van der Waals surface area (Å²) in [5, 5.41) is 12.7. The highest BCUT2D eigenvalue weighted by atomic mass is 32.2. The van der Waals surface area contributed by atoms with Crippen LogP contribution in [0, 0.1) is 0 Å². The van der Waals surface area contributed by atoms with Gasteiger partial charge in [-0.2, -0.15) is 0 Å². The zero-order chi connectivity index (χ0) is 19.1. The van der Waals surface area contributed by atoms with Crippen molar-refractivity contribution in [1.82, 2.24) is 20.1 Å². The fraction of sp³-hybridized carbons (Fsp3) is 0.833. The van der Waals surface area contributed by atoms with Gasteiger partial charge in [-0.1, -0.05) is 25.6 Å². The summed E-state index contributed by atoms with van der Waals surface area (Å²) in [4.78, 5) is 14.5. The first-order chi connectivity index (χ1) is 13.2. The summed E-state index contributed by atoms with van der Waals surface area (Å²) < 4.78 is 13.4. The molecular weight excluding hydrogens is 366 g/mol. The lowest BCUT2D eigenvalue weighted by Gasteiger charge is -2.28. The summed E-state index contributed by atoms with van der Waals surface area (Å²) in [6.07, 6.45) is 4.24. The van der Waals surface area contributed by atoms with Crippen molar-refractivity contribution < 1.29 is 14.3 Å². The van der Waals surface area contributed by atoms with Gasteiger partial charge in [-0.15, -0.1) is 10.2 Å². The number of nitrogens with zero attached hydrogens (tertiary/aromatic N) is 4. The number of ether oxygens (including phenoxy) is 2. The highest BCUT2D eigenvalue weighted by molar-refractivity contribution is 7.99. The van der Waals surface area contributed by atoms with E-state index in [9.17, 15) is 4.79 Å². The van der Waals surface area contributed by atoms with Crippen LogP contribution in [0.25, 0.3) is 0 Å². The van der Waals surface area contributed by atoms with E-state index in [4.69, 9.17) is 9.47 Å². The fourth-order valence-electron chi connectivity index (χ4n) is 3.43. The smallest absolute Gasteiger partial charge is 0.230 e. The minimum atomic E-state index is 0.0493. The summed E-state index contributed by atoms with van der Waals surface area (Å²) in [6.45, 7) is 8.76. The molecule has 8 nitrogen and oxygen atoms in total. The monoisotopic (exact) mass is 397 g/mol. The van der Waals surface area contributed by atoms with E-state index in [1.807, 2.05) is 0 Å². The molecular formula is C18H31N5O3S. The second-order valence-corrected chi connectivity index (χ2v) is 7.94. The van der Waals surface area contributed by atoms with Crippen LogP contribution in [0.3, 0.4) is 0 Å². The minimum absolute atomic E-state index is 0.0493. The van der Waals surface area contributed by atoms with Gasteiger partial charge in [-0.25, -0.2) is 0 Å². The van der Waals surface area contributed by atoms with E-state index in [2.05, 4.69) is 38.8 Å². The maximum Gasteiger partial charge on any atom is 0.230 e. The van der Waals surface area contributed by atoms with Gasteiger partial charge < -0.3 is 19.7 Å². The van der Waals surface area contributed by atoms with E-state index in [1.165, 1.54) is 11.8 Å². The van der Waals surface area contributed by atoms with Crippen LogP contribution in [0.1, 0.15) is 39.5 Å². The molecule has 0 aliphatic carbocycles. The molecule has 2 saturated heterocycles. The highest BCUT2D eigenvalue weighted by Gasteiger charge is 2.25. The van der Waals surface area contributed by atoms with Gasteiger partial charge in [-0.05, 0) is 25.7 Å². The van der Waals surface area contributed by atoms with Crippen LogP contribution in [0.2, 0.25) is 0 Å². The zero-order valence-corrected chi connectivity index (χ0v) is 17.2. The van der Waals surface area contributed by atoms with E-state index in [-0.39, 0.29) is 18.1 Å². The Hall–Kier alpha value is -1.32. The average Bonchev–Trinajstić information content (AvgIpc) is 3.35. The summed E-state index contributed by atoms with van der Waals surface area (Å²) in [5.74, 6) is 1.26. The Labute approximate surface area is 165 Å². The molecule has 0 saturated carbocycles. The van der Waals surface area contributed by atoms with Crippen LogP contribution in [-0.4, -0.2) is 71.5 Å². The first kappa shape index (κ1) is 20.4. The minimum Gasteiger partial charge on any atom is -0.378 e. The molecule has 1 N–H and O–H groups in total. The molecule has 0 unspecified atom stereocenters. The number of hydrogen-bond donors (Lipinski definition) is 1. The lowest BCUT2D eigenvalue weighted by atomic mass is 10.2. The lowest BCUT2D eigenvalue weighted by Crippen LogP contribution is -2.38. The van der Waals surface area contributed by atoms with Gasteiger partial charge in [0, 0.05) is 25.7 Å². The number of aromatic nitrogens is 3. The summed E-state index contributed by atoms with van der Waals surface area (Å²) in [7, 11) is 0. The topological polar surface area (TPSA) is 81.5 Å². The molecule has 3 heterocycles. The van der Waals surface area contributed by atoms with Crippen molar-refractivity contribution in [2.24, 2.45) is 0 Å². The molecule has 0 aromatic carbocycles. The molecule has 0 spiro atoms. The summed E-state index contributed by atoms with van der Waals surface area (Å²) in [6, 6.07) is 0.242. The molecule has 1 aromatic rings. The predicted molar refractivity (Wildman–Crippen MR) is 105 cm³/mol. The number of morpholine rings is 1. The van der Waals surface area contributed by atoms with Gasteiger partial charge in [0.15, 0.2) is 5.16 Å². The van der Waals surface area contributed by atoms with Crippen molar-refractivity contribution in [1.29, 1.82) is 0 Å². The quantitative estimate of drug-likeness (QED) is 0.635. The van der Waals surface area contributed by atoms with Crippen molar-refractivity contribution in [3.05, 3.63) is 0 Å². The van der Waals surface area contributed by atoms with Crippen molar-refractivity contribution in [2.75, 3.05) is 43.6 Å². The molecule has 1 amide bonds. The molecule has 2 aliphatic heterocycles. The van der Waals surface area contributed by atoms with Gasteiger partial charge >= 0.3 is 0 Å².